The Bertz CT molecular complexity index is 391. The first-order valence-electron chi connectivity index (χ1n) is 5.29. The number of aromatic nitrogens is 2. The Morgan fingerprint density at radius 3 is 2.75 bits per heavy atom. The minimum atomic E-state index is -0.298. The summed E-state index contributed by atoms with van der Waals surface area (Å²) in [7, 11) is 0. The van der Waals surface area contributed by atoms with Crippen LogP contribution in [0.2, 0.25) is 0 Å². The molecule has 1 unspecified atom stereocenters. The summed E-state index contributed by atoms with van der Waals surface area (Å²) >= 11 is 0. The summed E-state index contributed by atoms with van der Waals surface area (Å²) in [6, 6.07) is 0.0221. The van der Waals surface area contributed by atoms with E-state index in [4.69, 9.17) is 11.5 Å². The summed E-state index contributed by atoms with van der Waals surface area (Å²) in [5, 5.41) is 2.84. The summed E-state index contributed by atoms with van der Waals surface area (Å²) in [6.45, 7) is 0.441. The van der Waals surface area contributed by atoms with Gasteiger partial charge < -0.3 is 16.8 Å². The van der Waals surface area contributed by atoms with E-state index in [1.54, 1.807) is 0 Å². The second-order valence-corrected chi connectivity index (χ2v) is 3.94. The standard InChI is InChI=1S/C10H15N5O/c11-5-7(6-1-2-6)15-10(16)8-9(12)14-4-3-13-8/h3-4,6-7H,1-2,5,11H2,(H2,12,14)(H,15,16). The number of hydrogen-bond acceptors (Lipinski definition) is 5. The number of anilines is 1. The van der Waals surface area contributed by atoms with Crippen molar-refractivity contribution in [3.63, 3.8) is 0 Å². The number of nitrogens with zero attached hydrogens (tertiary/aromatic N) is 2. The summed E-state index contributed by atoms with van der Waals surface area (Å²) in [5.74, 6) is 0.353. The predicted octanol–water partition coefficient (Wildman–Crippen LogP) is -0.474. The van der Waals surface area contributed by atoms with E-state index < -0.39 is 0 Å². The van der Waals surface area contributed by atoms with Gasteiger partial charge in [0.25, 0.3) is 5.91 Å². The van der Waals surface area contributed by atoms with Crippen LogP contribution in [0.4, 0.5) is 5.82 Å². The summed E-state index contributed by atoms with van der Waals surface area (Å²) in [6.07, 6.45) is 5.14. The molecule has 1 atom stereocenters. The van der Waals surface area contributed by atoms with Crippen LogP contribution in [-0.2, 0) is 0 Å². The third-order valence-corrected chi connectivity index (χ3v) is 2.70. The van der Waals surface area contributed by atoms with Gasteiger partial charge >= 0.3 is 0 Å². The first-order chi connectivity index (χ1) is 7.72. The van der Waals surface area contributed by atoms with E-state index in [0.29, 0.717) is 12.5 Å². The van der Waals surface area contributed by atoms with Crippen LogP contribution < -0.4 is 16.8 Å². The number of nitrogen functional groups attached to an aromatic ring is 1. The van der Waals surface area contributed by atoms with Crippen molar-refractivity contribution in [3.05, 3.63) is 18.1 Å². The van der Waals surface area contributed by atoms with E-state index >= 15 is 0 Å². The van der Waals surface area contributed by atoms with E-state index in [9.17, 15) is 4.79 Å². The van der Waals surface area contributed by atoms with Gasteiger partial charge in [0.1, 0.15) is 0 Å². The molecular weight excluding hydrogens is 206 g/mol. The third-order valence-electron chi connectivity index (χ3n) is 2.70. The van der Waals surface area contributed by atoms with Crippen LogP contribution in [-0.4, -0.2) is 28.5 Å². The number of nitrogens with one attached hydrogen (secondary N) is 1. The molecule has 1 aromatic heterocycles. The van der Waals surface area contributed by atoms with E-state index in [1.165, 1.54) is 12.4 Å². The van der Waals surface area contributed by atoms with Crippen molar-refractivity contribution >= 4 is 11.7 Å². The fourth-order valence-electron chi connectivity index (χ4n) is 1.63. The van der Waals surface area contributed by atoms with Crippen molar-refractivity contribution in [2.45, 2.75) is 18.9 Å². The predicted molar refractivity (Wildman–Crippen MR) is 59.5 cm³/mol. The zero-order valence-electron chi connectivity index (χ0n) is 8.89. The second kappa shape index (κ2) is 4.44. The van der Waals surface area contributed by atoms with Gasteiger partial charge in [0.05, 0.1) is 0 Å². The molecule has 6 heteroatoms. The van der Waals surface area contributed by atoms with E-state index in [1.807, 2.05) is 0 Å². The van der Waals surface area contributed by atoms with Gasteiger partial charge in [-0.3, -0.25) is 4.79 Å². The van der Waals surface area contributed by atoms with Crippen LogP contribution >= 0.6 is 0 Å². The fraction of sp³-hybridized carbons (Fsp3) is 0.500. The highest BCUT2D eigenvalue weighted by molar-refractivity contribution is 5.96. The summed E-state index contributed by atoms with van der Waals surface area (Å²) < 4.78 is 0. The lowest BCUT2D eigenvalue weighted by Crippen LogP contribution is -2.42. The maximum atomic E-state index is 11.8. The molecule has 0 spiro atoms. The van der Waals surface area contributed by atoms with E-state index in [-0.39, 0.29) is 23.5 Å². The number of carbonyl (C=O) groups excluding carboxylic acids is 1. The van der Waals surface area contributed by atoms with E-state index in [2.05, 4.69) is 15.3 Å². The molecule has 16 heavy (non-hydrogen) atoms. The van der Waals surface area contributed by atoms with Crippen LogP contribution in [0.1, 0.15) is 23.3 Å². The molecule has 2 rings (SSSR count). The normalized spacial score (nSPS) is 16.8. The van der Waals surface area contributed by atoms with Gasteiger partial charge in [-0.2, -0.15) is 0 Å². The molecule has 86 valence electrons. The molecule has 1 amide bonds. The maximum absolute atomic E-state index is 11.8. The Morgan fingerprint density at radius 1 is 1.50 bits per heavy atom. The highest BCUT2D eigenvalue weighted by Gasteiger charge is 2.31. The minimum absolute atomic E-state index is 0.0221. The third kappa shape index (κ3) is 2.27. The Labute approximate surface area is 93.4 Å². The first kappa shape index (κ1) is 10.8. The topological polar surface area (TPSA) is 107 Å². The molecule has 1 heterocycles. The van der Waals surface area contributed by atoms with Gasteiger partial charge in [0, 0.05) is 25.0 Å². The average Bonchev–Trinajstić information content (AvgIpc) is 3.10. The van der Waals surface area contributed by atoms with Crippen LogP contribution in [0.15, 0.2) is 12.4 Å². The van der Waals surface area contributed by atoms with Crippen LogP contribution in [0.25, 0.3) is 0 Å². The molecule has 1 saturated carbocycles. The molecule has 0 bridgehead atoms. The molecule has 6 nitrogen and oxygen atoms in total. The van der Waals surface area contributed by atoms with Crippen molar-refractivity contribution in [2.24, 2.45) is 11.7 Å². The number of carbonyl (C=O) groups is 1. The highest BCUT2D eigenvalue weighted by Crippen LogP contribution is 2.32. The van der Waals surface area contributed by atoms with Crippen molar-refractivity contribution in [1.82, 2.24) is 15.3 Å². The quantitative estimate of drug-likeness (QED) is 0.637. The number of nitrogens with two attached hydrogens (primary N) is 2. The molecule has 0 radical (unpaired) electrons. The number of hydrogen-bond donors (Lipinski definition) is 3. The lowest BCUT2D eigenvalue weighted by molar-refractivity contribution is 0.0929. The Balaban J connectivity index is 2.04. The van der Waals surface area contributed by atoms with Gasteiger partial charge in [-0.15, -0.1) is 0 Å². The number of rotatable bonds is 4. The molecule has 1 fully saturated rings. The molecule has 0 aromatic carbocycles. The van der Waals surface area contributed by atoms with Gasteiger partial charge in [0.15, 0.2) is 11.5 Å². The fourth-order valence-corrected chi connectivity index (χ4v) is 1.63. The van der Waals surface area contributed by atoms with Crippen molar-refractivity contribution in [1.29, 1.82) is 0 Å². The van der Waals surface area contributed by atoms with Gasteiger partial charge in [-0.25, -0.2) is 9.97 Å². The zero-order chi connectivity index (χ0) is 11.5. The van der Waals surface area contributed by atoms with Crippen molar-refractivity contribution < 1.29 is 4.79 Å². The SMILES string of the molecule is NCC(NC(=O)c1nccnc1N)C1CC1. The minimum Gasteiger partial charge on any atom is -0.382 e. The monoisotopic (exact) mass is 221 g/mol. The zero-order valence-corrected chi connectivity index (χ0v) is 8.89. The lowest BCUT2D eigenvalue weighted by Gasteiger charge is -2.15. The smallest absolute Gasteiger partial charge is 0.273 e. The molecule has 1 aromatic rings. The van der Waals surface area contributed by atoms with Gasteiger partial charge in [-0.05, 0) is 18.8 Å². The lowest BCUT2D eigenvalue weighted by atomic mass is 10.2. The van der Waals surface area contributed by atoms with E-state index in [0.717, 1.165) is 12.8 Å². The van der Waals surface area contributed by atoms with Crippen LogP contribution in [0.5, 0.6) is 0 Å². The van der Waals surface area contributed by atoms with Crippen molar-refractivity contribution in [2.75, 3.05) is 12.3 Å². The van der Waals surface area contributed by atoms with Gasteiger partial charge in [0.2, 0.25) is 0 Å². The Hall–Kier alpha value is -1.69. The first-order valence-corrected chi connectivity index (χ1v) is 5.29. The largest absolute Gasteiger partial charge is 0.382 e. The van der Waals surface area contributed by atoms with Gasteiger partial charge in [-0.1, -0.05) is 0 Å². The molecule has 1 aliphatic rings. The summed E-state index contributed by atoms with van der Waals surface area (Å²) in [5.41, 5.74) is 11.3. The van der Waals surface area contributed by atoms with Crippen LogP contribution in [0.3, 0.4) is 0 Å². The summed E-state index contributed by atoms with van der Waals surface area (Å²) in [4.78, 5) is 19.5. The Kier molecular flexibility index (Phi) is 3.00. The maximum Gasteiger partial charge on any atom is 0.273 e. The van der Waals surface area contributed by atoms with Crippen molar-refractivity contribution in [3.8, 4) is 0 Å². The molecule has 5 N–H and O–H groups in total. The molecule has 0 saturated heterocycles. The average molecular weight is 221 g/mol. The Morgan fingerprint density at radius 2 is 2.19 bits per heavy atom. The molecular formula is C10H15N5O. The second-order valence-electron chi connectivity index (χ2n) is 3.94. The molecule has 1 aliphatic carbocycles. The highest BCUT2D eigenvalue weighted by atomic mass is 16.2. The number of amides is 1. The van der Waals surface area contributed by atoms with Crippen LogP contribution in [0, 0.1) is 5.92 Å². The molecule has 0 aliphatic heterocycles.